The number of carbonyl (C=O) groups excluding carboxylic acids is 2. The van der Waals surface area contributed by atoms with Crippen molar-refractivity contribution in [1.29, 1.82) is 0 Å². The van der Waals surface area contributed by atoms with Crippen LogP contribution in [0.25, 0.3) is 10.2 Å². The van der Waals surface area contributed by atoms with Crippen LogP contribution in [0.1, 0.15) is 17.3 Å². The van der Waals surface area contributed by atoms with Crippen molar-refractivity contribution in [3.8, 4) is 0 Å². The van der Waals surface area contributed by atoms with Crippen molar-refractivity contribution in [3.63, 3.8) is 0 Å². The lowest BCUT2D eigenvalue weighted by molar-refractivity contribution is -0.143. The fourth-order valence-corrected chi connectivity index (χ4v) is 3.51. The Kier molecular flexibility index (Phi) is 5.41. The van der Waals surface area contributed by atoms with E-state index in [0.29, 0.717) is 6.07 Å². The largest absolute Gasteiger partial charge is 0.465 e. The molecule has 3 aromatic rings. The number of ether oxygens (including phenoxy) is 1. The van der Waals surface area contributed by atoms with Crippen molar-refractivity contribution in [2.45, 2.75) is 13.5 Å². The maximum Gasteiger partial charge on any atom is 0.326 e. The van der Waals surface area contributed by atoms with E-state index in [4.69, 9.17) is 4.74 Å². The maximum absolute atomic E-state index is 14.3. The number of hydrogen-bond acceptors (Lipinski definition) is 4. The summed E-state index contributed by atoms with van der Waals surface area (Å²) in [5, 5.41) is 0. The summed E-state index contributed by atoms with van der Waals surface area (Å²) in [4.78, 5) is 28.1. The number of thiazole rings is 1. The number of nitrogens with zero attached hydrogens (tertiary/aromatic N) is 2. The quantitative estimate of drug-likeness (QED) is 0.637. The fourth-order valence-electron chi connectivity index (χ4n) is 2.44. The van der Waals surface area contributed by atoms with Gasteiger partial charge in [0.1, 0.15) is 18.2 Å². The third kappa shape index (κ3) is 4.08. The van der Waals surface area contributed by atoms with Crippen LogP contribution in [-0.2, 0) is 16.1 Å². The van der Waals surface area contributed by atoms with Crippen LogP contribution in [0.15, 0.2) is 41.4 Å². The van der Waals surface area contributed by atoms with Gasteiger partial charge in [-0.3, -0.25) is 9.59 Å². The lowest BCUT2D eigenvalue weighted by atomic mass is 10.2. The van der Waals surface area contributed by atoms with Gasteiger partial charge in [0, 0.05) is 11.6 Å². The third-order valence-electron chi connectivity index (χ3n) is 3.58. The Balaban J connectivity index is 2.15. The monoisotopic (exact) mass is 394 g/mol. The Labute approximate surface area is 155 Å². The minimum absolute atomic E-state index is 0.00289. The molecule has 2 aromatic carbocycles. The first kappa shape index (κ1) is 18.8. The van der Waals surface area contributed by atoms with E-state index < -0.39 is 35.9 Å². The number of rotatable bonds is 4. The highest BCUT2D eigenvalue weighted by molar-refractivity contribution is 7.16. The Morgan fingerprint density at radius 1 is 1.11 bits per heavy atom. The molecule has 1 amide bonds. The first-order chi connectivity index (χ1) is 12.9. The molecule has 0 bridgehead atoms. The zero-order chi connectivity index (χ0) is 19.6. The molecule has 0 aliphatic rings. The number of fused-ring (bicyclic) bond motifs is 1. The molecule has 0 aliphatic heterocycles. The minimum Gasteiger partial charge on any atom is -0.465 e. The first-order valence-corrected chi connectivity index (χ1v) is 8.69. The predicted octanol–water partition coefficient (Wildman–Crippen LogP) is 3.42. The molecular formula is C18H13F3N2O3S. The molecule has 140 valence electrons. The van der Waals surface area contributed by atoms with Crippen LogP contribution in [0.3, 0.4) is 0 Å². The summed E-state index contributed by atoms with van der Waals surface area (Å²) in [7, 11) is 0. The zero-order valence-corrected chi connectivity index (χ0v) is 14.9. The van der Waals surface area contributed by atoms with E-state index >= 15 is 0 Å². The third-order valence-corrected chi connectivity index (χ3v) is 4.60. The highest BCUT2D eigenvalue weighted by atomic mass is 32.1. The second-order valence-corrected chi connectivity index (χ2v) is 6.44. The lowest BCUT2D eigenvalue weighted by Gasteiger charge is -2.05. The highest BCUT2D eigenvalue weighted by Gasteiger charge is 2.17. The van der Waals surface area contributed by atoms with E-state index in [1.54, 1.807) is 6.92 Å². The van der Waals surface area contributed by atoms with Gasteiger partial charge in [-0.1, -0.05) is 11.3 Å². The molecule has 0 aliphatic carbocycles. The topological polar surface area (TPSA) is 60.7 Å². The summed E-state index contributed by atoms with van der Waals surface area (Å²) >= 11 is 0.852. The van der Waals surface area contributed by atoms with Gasteiger partial charge in [0.25, 0.3) is 5.91 Å². The SMILES string of the molecule is CCOC(=O)Cn1c(=NC(=O)c2ccc(F)cc2)sc2cc(F)cc(F)c21. The van der Waals surface area contributed by atoms with E-state index in [-0.39, 0.29) is 27.2 Å². The lowest BCUT2D eigenvalue weighted by Crippen LogP contribution is -2.23. The van der Waals surface area contributed by atoms with Crippen LogP contribution in [0, 0.1) is 17.5 Å². The average molecular weight is 394 g/mol. The second kappa shape index (κ2) is 7.75. The normalized spacial score (nSPS) is 11.8. The molecule has 1 aromatic heterocycles. The number of esters is 1. The summed E-state index contributed by atoms with van der Waals surface area (Å²) in [6.07, 6.45) is 0. The van der Waals surface area contributed by atoms with Crippen LogP contribution >= 0.6 is 11.3 Å². The highest BCUT2D eigenvalue weighted by Crippen LogP contribution is 2.22. The van der Waals surface area contributed by atoms with Gasteiger partial charge in [-0.25, -0.2) is 13.2 Å². The molecular weight excluding hydrogens is 381 g/mol. The van der Waals surface area contributed by atoms with Gasteiger partial charge in [-0.2, -0.15) is 4.99 Å². The number of hydrogen-bond donors (Lipinski definition) is 0. The predicted molar refractivity (Wildman–Crippen MR) is 92.7 cm³/mol. The molecule has 0 saturated heterocycles. The second-order valence-electron chi connectivity index (χ2n) is 5.43. The first-order valence-electron chi connectivity index (χ1n) is 7.87. The molecule has 27 heavy (non-hydrogen) atoms. The molecule has 0 fully saturated rings. The van der Waals surface area contributed by atoms with E-state index in [1.807, 2.05) is 0 Å². The van der Waals surface area contributed by atoms with Gasteiger partial charge >= 0.3 is 5.97 Å². The van der Waals surface area contributed by atoms with E-state index in [1.165, 1.54) is 12.1 Å². The van der Waals surface area contributed by atoms with E-state index in [0.717, 1.165) is 34.1 Å². The molecule has 1 heterocycles. The summed E-state index contributed by atoms with van der Waals surface area (Å²) < 4.78 is 47.0. The van der Waals surface area contributed by atoms with Crippen LogP contribution in [0.4, 0.5) is 13.2 Å². The number of aromatic nitrogens is 1. The fraction of sp³-hybridized carbons (Fsp3) is 0.167. The minimum atomic E-state index is -0.888. The number of carbonyl (C=O) groups is 2. The van der Waals surface area contributed by atoms with Crippen LogP contribution < -0.4 is 4.80 Å². The maximum atomic E-state index is 14.3. The Morgan fingerprint density at radius 2 is 1.81 bits per heavy atom. The van der Waals surface area contributed by atoms with Crippen molar-refractivity contribution < 1.29 is 27.5 Å². The summed E-state index contributed by atoms with van der Waals surface area (Å²) in [6.45, 7) is 1.35. The van der Waals surface area contributed by atoms with Crippen molar-refractivity contribution >= 4 is 33.4 Å². The number of benzene rings is 2. The van der Waals surface area contributed by atoms with Gasteiger partial charge in [0.2, 0.25) is 0 Å². The van der Waals surface area contributed by atoms with Crippen LogP contribution in [0.2, 0.25) is 0 Å². The molecule has 0 unspecified atom stereocenters. The molecule has 9 heteroatoms. The molecule has 0 atom stereocenters. The average Bonchev–Trinajstić information content (AvgIpc) is 2.92. The zero-order valence-electron chi connectivity index (χ0n) is 14.0. The molecule has 5 nitrogen and oxygen atoms in total. The van der Waals surface area contributed by atoms with Gasteiger partial charge in [0.05, 0.1) is 16.8 Å². The van der Waals surface area contributed by atoms with Crippen LogP contribution in [-0.4, -0.2) is 23.1 Å². The van der Waals surface area contributed by atoms with Crippen molar-refractivity contribution in [2.24, 2.45) is 4.99 Å². The van der Waals surface area contributed by atoms with Crippen molar-refractivity contribution in [2.75, 3.05) is 6.61 Å². The van der Waals surface area contributed by atoms with Gasteiger partial charge in [0.15, 0.2) is 10.6 Å². The molecule has 0 spiro atoms. The van der Waals surface area contributed by atoms with Gasteiger partial charge < -0.3 is 9.30 Å². The van der Waals surface area contributed by atoms with Gasteiger partial charge in [-0.05, 0) is 37.3 Å². The van der Waals surface area contributed by atoms with Crippen molar-refractivity contribution in [1.82, 2.24) is 4.57 Å². The Morgan fingerprint density at radius 3 is 2.48 bits per heavy atom. The summed E-state index contributed by atoms with van der Waals surface area (Å²) in [5.74, 6) is -3.55. The summed E-state index contributed by atoms with van der Waals surface area (Å²) in [6, 6.07) is 6.49. The molecule has 3 rings (SSSR count). The standard InChI is InChI=1S/C18H13F3N2O3S/c1-2-26-15(24)9-23-16-13(21)7-12(20)8-14(16)27-18(23)22-17(25)10-3-5-11(19)6-4-10/h3-8H,2,9H2,1H3. The number of halogens is 3. The molecule has 0 N–H and O–H groups in total. The Bertz CT molecular complexity index is 1090. The number of amides is 1. The molecule has 0 radical (unpaired) electrons. The smallest absolute Gasteiger partial charge is 0.326 e. The van der Waals surface area contributed by atoms with Gasteiger partial charge in [-0.15, -0.1) is 0 Å². The Hall–Kier alpha value is -2.94. The molecule has 0 saturated carbocycles. The van der Waals surface area contributed by atoms with E-state index in [2.05, 4.69) is 4.99 Å². The van der Waals surface area contributed by atoms with E-state index in [9.17, 15) is 22.8 Å². The van der Waals surface area contributed by atoms with Crippen molar-refractivity contribution in [3.05, 3.63) is 64.2 Å². The van der Waals surface area contributed by atoms with Crippen LogP contribution in [0.5, 0.6) is 0 Å². The summed E-state index contributed by atoms with van der Waals surface area (Å²) in [5.41, 5.74) is 0.0586.